The Morgan fingerprint density at radius 1 is 1.03 bits per heavy atom. The summed E-state index contributed by atoms with van der Waals surface area (Å²) in [5, 5.41) is 0. The van der Waals surface area contributed by atoms with E-state index in [0.717, 1.165) is 24.0 Å². The van der Waals surface area contributed by atoms with Gasteiger partial charge in [-0.3, -0.25) is 9.59 Å². The molecule has 1 aromatic rings. The van der Waals surface area contributed by atoms with Crippen molar-refractivity contribution in [1.82, 2.24) is 4.90 Å². The summed E-state index contributed by atoms with van der Waals surface area (Å²) in [7, 11) is 4.59. The van der Waals surface area contributed by atoms with Crippen molar-refractivity contribution in [1.29, 1.82) is 0 Å². The highest BCUT2D eigenvalue weighted by molar-refractivity contribution is 5.79. The largest absolute Gasteiger partial charge is 0.493 e. The van der Waals surface area contributed by atoms with Gasteiger partial charge in [0.25, 0.3) is 0 Å². The van der Waals surface area contributed by atoms with Crippen LogP contribution in [0.1, 0.15) is 68.5 Å². The molecule has 0 radical (unpaired) electrons. The van der Waals surface area contributed by atoms with Crippen LogP contribution in [-0.4, -0.2) is 44.7 Å². The van der Waals surface area contributed by atoms with Crippen LogP contribution in [0.3, 0.4) is 0 Å². The maximum Gasteiger partial charge on any atom is 0.307 e. The molecular formula is C23H33NO5. The van der Waals surface area contributed by atoms with Crippen molar-refractivity contribution in [2.24, 2.45) is 5.92 Å². The van der Waals surface area contributed by atoms with E-state index in [9.17, 15) is 9.59 Å². The Balaban J connectivity index is 1.81. The minimum absolute atomic E-state index is 0.130. The normalized spacial score (nSPS) is 19.4. The van der Waals surface area contributed by atoms with E-state index < -0.39 is 0 Å². The number of esters is 1. The van der Waals surface area contributed by atoms with Crippen LogP contribution < -0.4 is 9.47 Å². The first-order chi connectivity index (χ1) is 14.1. The molecule has 0 spiro atoms. The summed E-state index contributed by atoms with van der Waals surface area (Å²) in [4.78, 5) is 27.1. The molecule has 1 amide bonds. The Morgan fingerprint density at radius 3 is 2.38 bits per heavy atom. The lowest BCUT2D eigenvalue weighted by molar-refractivity contribution is -0.144. The van der Waals surface area contributed by atoms with Crippen LogP contribution in [0, 0.1) is 5.92 Å². The van der Waals surface area contributed by atoms with Gasteiger partial charge >= 0.3 is 5.97 Å². The average molecular weight is 404 g/mol. The van der Waals surface area contributed by atoms with Crippen molar-refractivity contribution in [3.63, 3.8) is 0 Å². The summed E-state index contributed by atoms with van der Waals surface area (Å²) < 4.78 is 15.8. The number of ether oxygens (including phenoxy) is 3. The lowest BCUT2D eigenvalue weighted by Gasteiger charge is -2.37. The fraction of sp³-hybridized carbons (Fsp3) is 0.652. The second-order valence-electron chi connectivity index (χ2n) is 8.08. The molecular weight excluding hydrogens is 370 g/mol. The van der Waals surface area contributed by atoms with Gasteiger partial charge in [0.2, 0.25) is 5.91 Å². The van der Waals surface area contributed by atoms with Crippen molar-refractivity contribution in [2.75, 3.05) is 27.9 Å². The third kappa shape index (κ3) is 5.03. The first-order valence-corrected chi connectivity index (χ1v) is 10.7. The van der Waals surface area contributed by atoms with Gasteiger partial charge in [0.1, 0.15) is 0 Å². The number of rotatable bonds is 7. The van der Waals surface area contributed by atoms with Crippen molar-refractivity contribution in [3.05, 3.63) is 23.3 Å². The first kappa shape index (κ1) is 21.5. The zero-order chi connectivity index (χ0) is 20.8. The molecule has 6 nitrogen and oxygen atoms in total. The Labute approximate surface area is 173 Å². The summed E-state index contributed by atoms with van der Waals surface area (Å²) in [6.07, 6.45) is 8.73. The fourth-order valence-corrected chi connectivity index (χ4v) is 4.74. The molecule has 29 heavy (non-hydrogen) atoms. The highest BCUT2D eigenvalue weighted by atomic mass is 16.5. The third-order valence-electron chi connectivity index (χ3n) is 6.40. The quantitative estimate of drug-likeness (QED) is 0.643. The van der Waals surface area contributed by atoms with E-state index >= 15 is 0 Å². The van der Waals surface area contributed by atoms with Gasteiger partial charge in [-0.05, 0) is 42.0 Å². The third-order valence-corrected chi connectivity index (χ3v) is 6.40. The first-order valence-electron chi connectivity index (χ1n) is 10.7. The van der Waals surface area contributed by atoms with Gasteiger partial charge in [0, 0.05) is 13.0 Å². The molecule has 3 rings (SSSR count). The summed E-state index contributed by atoms with van der Waals surface area (Å²) in [6, 6.07) is 3.54. The number of fused-ring (bicyclic) bond motifs is 1. The Morgan fingerprint density at radius 2 is 1.72 bits per heavy atom. The van der Waals surface area contributed by atoms with E-state index in [0.29, 0.717) is 30.4 Å². The molecule has 0 saturated heterocycles. The minimum Gasteiger partial charge on any atom is -0.493 e. The van der Waals surface area contributed by atoms with Crippen LogP contribution in [0.25, 0.3) is 0 Å². The number of carbonyl (C=O) groups excluding carboxylic acids is 2. The minimum atomic E-state index is -0.329. The molecule has 1 aromatic carbocycles. The van der Waals surface area contributed by atoms with Gasteiger partial charge in [0.15, 0.2) is 11.5 Å². The second kappa shape index (κ2) is 9.99. The van der Waals surface area contributed by atoms with E-state index in [1.165, 1.54) is 39.2 Å². The molecule has 1 fully saturated rings. The maximum atomic E-state index is 13.1. The number of carbonyl (C=O) groups is 2. The van der Waals surface area contributed by atoms with Gasteiger partial charge in [-0.2, -0.15) is 0 Å². The van der Waals surface area contributed by atoms with E-state index in [2.05, 4.69) is 0 Å². The molecule has 1 unspecified atom stereocenters. The topological polar surface area (TPSA) is 65.1 Å². The van der Waals surface area contributed by atoms with Gasteiger partial charge in [-0.15, -0.1) is 0 Å². The molecule has 0 N–H and O–H groups in total. The predicted octanol–water partition coefficient (Wildman–Crippen LogP) is 4.05. The standard InChI is InChI=1S/C23H33NO5/c1-27-20-13-17-11-12-24(22(25)10-9-16-7-5-4-6-8-16)19(15-23(26)29-3)18(17)14-21(20)28-2/h13-14,16,19H,4-12,15H2,1-3H3. The molecule has 6 heteroatoms. The van der Waals surface area contributed by atoms with E-state index in [1.807, 2.05) is 17.0 Å². The zero-order valence-electron chi connectivity index (χ0n) is 17.9. The lowest BCUT2D eigenvalue weighted by atomic mass is 9.85. The highest BCUT2D eigenvalue weighted by Gasteiger charge is 2.34. The fourth-order valence-electron chi connectivity index (χ4n) is 4.74. The smallest absolute Gasteiger partial charge is 0.307 e. The van der Waals surface area contributed by atoms with Gasteiger partial charge in [0.05, 0.1) is 33.8 Å². The van der Waals surface area contributed by atoms with Crippen molar-refractivity contribution in [2.45, 2.75) is 63.8 Å². The lowest BCUT2D eigenvalue weighted by Crippen LogP contribution is -2.41. The van der Waals surface area contributed by atoms with Gasteiger partial charge in [-0.25, -0.2) is 0 Å². The highest BCUT2D eigenvalue weighted by Crippen LogP contribution is 2.40. The van der Waals surface area contributed by atoms with Crippen LogP contribution in [0.2, 0.25) is 0 Å². The SMILES string of the molecule is COC(=O)CC1c2cc(OC)c(OC)cc2CCN1C(=O)CCC1CCCCC1. The summed E-state index contributed by atoms with van der Waals surface area (Å²) in [5.74, 6) is 1.75. The molecule has 2 aliphatic rings. The molecule has 1 aliphatic heterocycles. The van der Waals surface area contributed by atoms with Gasteiger partial charge < -0.3 is 19.1 Å². The molecule has 1 saturated carbocycles. The number of hydrogen-bond acceptors (Lipinski definition) is 5. The number of hydrogen-bond donors (Lipinski definition) is 0. The maximum absolute atomic E-state index is 13.1. The Bertz CT molecular complexity index is 726. The predicted molar refractivity (Wildman–Crippen MR) is 110 cm³/mol. The Hall–Kier alpha value is -2.24. The summed E-state index contributed by atoms with van der Waals surface area (Å²) in [5.41, 5.74) is 2.04. The van der Waals surface area contributed by atoms with Gasteiger partial charge in [-0.1, -0.05) is 32.1 Å². The van der Waals surface area contributed by atoms with Crippen molar-refractivity contribution in [3.8, 4) is 11.5 Å². The van der Waals surface area contributed by atoms with E-state index in [-0.39, 0.29) is 24.3 Å². The molecule has 1 aliphatic carbocycles. The van der Waals surface area contributed by atoms with Crippen LogP contribution in [0.5, 0.6) is 11.5 Å². The number of nitrogens with zero attached hydrogens (tertiary/aromatic N) is 1. The summed E-state index contributed by atoms with van der Waals surface area (Å²) in [6.45, 7) is 0.605. The summed E-state index contributed by atoms with van der Waals surface area (Å²) >= 11 is 0. The van der Waals surface area contributed by atoms with E-state index in [1.54, 1.807) is 14.2 Å². The van der Waals surface area contributed by atoms with Crippen LogP contribution in [-0.2, 0) is 20.7 Å². The second-order valence-corrected chi connectivity index (χ2v) is 8.08. The number of amides is 1. The molecule has 1 heterocycles. The van der Waals surface area contributed by atoms with Crippen LogP contribution in [0.4, 0.5) is 0 Å². The van der Waals surface area contributed by atoms with Crippen LogP contribution >= 0.6 is 0 Å². The Kier molecular flexibility index (Phi) is 7.40. The van der Waals surface area contributed by atoms with Crippen LogP contribution in [0.15, 0.2) is 12.1 Å². The number of methoxy groups -OCH3 is 3. The number of benzene rings is 1. The molecule has 0 bridgehead atoms. The van der Waals surface area contributed by atoms with Crippen molar-refractivity contribution < 1.29 is 23.8 Å². The molecule has 0 aromatic heterocycles. The molecule has 160 valence electrons. The average Bonchev–Trinajstić information content (AvgIpc) is 2.77. The molecule has 1 atom stereocenters. The van der Waals surface area contributed by atoms with Crippen molar-refractivity contribution >= 4 is 11.9 Å². The monoisotopic (exact) mass is 403 g/mol. The van der Waals surface area contributed by atoms with E-state index in [4.69, 9.17) is 14.2 Å². The zero-order valence-corrected chi connectivity index (χ0v) is 17.9.